The molecule has 0 radical (unpaired) electrons. The molecule has 1 aromatic carbocycles. The molecule has 27 heavy (non-hydrogen) atoms. The second kappa shape index (κ2) is 7.97. The Labute approximate surface area is 167 Å². The van der Waals surface area contributed by atoms with Crippen LogP contribution in [0.25, 0.3) is 0 Å². The van der Waals surface area contributed by atoms with Crippen LogP contribution < -0.4 is 4.72 Å². The standard InChI is InChI=1S/C19H29ClN2O4S/c1-14-12-15(6-7-16(14)20)19(13-21-27(5,24)25)8-10-22(11-9-19)17(23)26-18(2,3)4/h6-7,12,21H,8-11,13H2,1-5H3. The van der Waals surface area contributed by atoms with Gasteiger partial charge in [-0.3, -0.25) is 0 Å². The molecule has 0 unspecified atom stereocenters. The van der Waals surface area contributed by atoms with E-state index in [0.29, 0.717) is 31.0 Å². The van der Waals surface area contributed by atoms with Gasteiger partial charge in [0.15, 0.2) is 0 Å². The molecular formula is C19H29ClN2O4S. The van der Waals surface area contributed by atoms with Gasteiger partial charge in [0.2, 0.25) is 10.0 Å². The van der Waals surface area contributed by atoms with E-state index in [1.165, 1.54) is 0 Å². The van der Waals surface area contributed by atoms with E-state index >= 15 is 0 Å². The molecule has 0 aliphatic carbocycles. The number of carbonyl (C=O) groups excluding carboxylic acids is 1. The maximum Gasteiger partial charge on any atom is 0.410 e. The lowest BCUT2D eigenvalue weighted by molar-refractivity contribution is 0.0165. The molecule has 0 saturated carbocycles. The molecule has 1 aliphatic rings. The third-order valence-corrected chi connectivity index (χ3v) is 5.91. The van der Waals surface area contributed by atoms with E-state index < -0.39 is 21.0 Å². The normalized spacial score (nSPS) is 17.6. The van der Waals surface area contributed by atoms with Crippen LogP contribution in [0.2, 0.25) is 5.02 Å². The van der Waals surface area contributed by atoms with Gasteiger partial charge in [0, 0.05) is 30.1 Å². The minimum atomic E-state index is -3.32. The van der Waals surface area contributed by atoms with Crippen LogP contribution >= 0.6 is 11.6 Å². The summed E-state index contributed by atoms with van der Waals surface area (Å²) in [4.78, 5) is 14.0. The van der Waals surface area contributed by atoms with Crippen molar-refractivity contribution in [1.82, 2.24) is 9.62 Å². The number of carbonyl (C=O) groups is 1. The molecular weight excluding hydrogens is 388 g/mol. The minimum Gasteiger partial charge on any atom is -0.444 e. The maximum atomic E-state index is 12.4. The molecule has 0 atom stereocenters. The summed E-state index contributed by atoms with van der Waals surface area (Å²) in [6.45, 7) is 8.74. The average molecular weight is 417 g/mol. The third-order valence-electron chi connectivity index (χ3n) is 4.82. The van der Waals surface area contributed by atoms with Crippen LogP contribution in [0.3, 0.4) is 0 Å². The summed E-state index contributed by atoms with van der Waals surface area (Å²) in [6, 6.07) is 5.80. The van der Waals surface area contributed by atoms with Crippen LogP contribution in [0.4, 0.5) is 4.79 Å². The van der Waals surface area contributed by atoms with Gasteiger partial charge in [0.1, 0.15) is 5.60 Å². The number of nitrogens with one attached hydrogen (secondary N) is 1. The molecule has 152 valence electrons. The number of likely N-dealkylation sites (tertiary alicyclic amines) is 1. The van der Waals surface area contributed by atoms with Gasteiger partial charge < -0.3 is 9.64 Å². The first kappa shape index (κ1) is 22.0. The Bertz CT molecular complexity index is 794. The first-order valence-electron chi connectivity index (χ1n) is 9.01. The van der Waals surface area contributed by atoms with Gasteiger partial charge in [-0.15, -0.1) is 0 Å². The first-order chi connectivity index (χ1) is 12.3. The molecule has 2 rings (SSSR count). The Morgan fingerprint density at radius 3 is 2.37 bits per heavy atom. The van der Waals surface area contributed by atoms with E-state index in [2.05, 4.69) is 4.72 Å². The van der Waals surface area contributed by atoms with Crippen LogP contribution in [-0.4, -0.2) is 50.9 Å². The van der Waals surface area contributed by atoms with Crippen molar-refractivity contribution in [3.63, 3.8) is 0 Å². The van der Waals surface area contributed by atoms with Crippen molar-refractivity contribution in [1.29, 1.82) is 0 Å². The molecule has 6 nitrogen and oxygen atoms in total. The molecule has 1 aromatic rings. The Balaban J connectivity index is 2.23. The zero-order valence-electron chi connectivity index (χ0n) is 16.6. The number of nitrogens with zero attached hydrogens (tertiary/aromatic N) is 1. The molecule has 0 spiro atoms. The van der Waals surface area contributed by atoms with Crippen LogP contribution in [0, 0.1) is 6.92 Å². The summed E-state index contributed by atoms with van der Waals surface area (Å²) in [5.41, 5.74) is 1.04. The highest BCUT2D eigenvalue weighted by Crippen LogP contribution is 2.37. The molecule has 1 amide bonds. The van der Waals surface area contributed by atoms with Crippen molar-refractivity contribution >= 4 is 27.7 Å². The maximum absolute atomic E-state index is 12.4. The summed E-state index contributed by atoms with van der Waals surface area (Å²) in [7, 11) is -3.32. The Morgan fingerprint density at radius 2 is 1.89 bits per heavy atom. The highest BCUT2D eigenvalue weighted by Gasteiger charge is 2.39. The molecule has 0 bridgehead atoms. The van der Waals surface area contributed by atoms with Crippen molar-refractivity contribution in [3.8, 4) is 0 Å². The van der Waals surface area contributed by atoms with E-state index in [-0.39, 0.29) is 12.6 Å². The minimum absolute atomic E-state index is 0.287. The Kier molecular flexibility index (Phi) is 6.49. The van der Waals surface area contributed by atoms with Gasteiger partial charge in [-0.1, -0.05) is 23.7 Å². The number of piperidine rings is 1. The molecule has 1 N–H and O–H groups in total. The number of hydrogen-bond donors (Lipinski definition) is 1. The van der Waals surface area contributed by atoms with Crippen LogP contribution in [0.15, 0.2) is 18.2 Å². The number of hydrogen-bond acceptors (Lipinski definition) is 4. The number of rotatable bonds is 4. The van der Waals surface area contributed by atoms with Crippen molar-refractivity contribution < 1.29 is 17.9 Å². The molecule has 1 aliphatic heterocycles. The second-order valence-corrected chi connectivity index (χ2v) is 10.5. The quantitative estimate of drug-likeness (QED) is 0.815. The van der Waals surface area contributed by atoms with Gasteiger partial charge in [-0.25, -0.2) is 17.9 Å². The predicted octanol–water partition coefficient (Wildman–Crippen LogP) is 3.47. The second-order valence-electron chi connectivity index (χ2n) is 8.30. The third kappa shape index (κ3) is 6.09. The Hall–Kier alpha value is -1.31. The number of benzene rings is 1. The predicted molar refractivity (Wildman–Crippen MR) is 108 cm³/mol. The number of amides is 1. The van der Waals surface area contributed by atoms with Crippen LogP contribution in [0.5, 0.6) is 0 Å². The van der Waals surface area contributed by atoms with E-state index in [4.69, 9.17) is 16.3 Å². The highest BCUT2D eigenvalue weighted by molar-refractivity contribution is 7.88. The first-order valence-corrected chi connectivity index (χ1v) is 11.3. The van der Waals surface area contributed by atoms with E-state index in [0.717, 1.165) is 17.4 Å². The SMILES string of the molecule is Cc1cc(C2(CNS(C)(=O)=O)CCN(C(=O)OC(C)(C)C)CC2)ccc1Cl. The fraction of sp³-hybridized carbons (Fsp3) is 0.632. The lowest BCUT2D eigenvalue weighted by Crippen LogP contribution is -2.51. The number of aryl methyl sites for hydroxylation is 1. The lowest BCUT2D eigenvalue weighted by atomic mass is 9.72. The molecule has 1 saturated heterocycles. The van der Waals surface area contributed by atoms with E-state index in [1.807, 2.05) is 45.9 Å². The van der Waals surface area contributed by atoms with Gasteiger partial charge >= 0.3 is 6.09 Å². The van der Waals surface area contributed by atoms with Gasteiger partial charge in [-0.05, 0) is 57.7 Å². The zero-order chi connectivity index (χ0) is 20.5. The van der Waals surface area contributed by atoms with Crippen LogP contribution in [-0.2, 0) is 20.2 Å². The fourth-order valence-electron chi connectivity index (χ4n) is 3.26. The zero-order valence-corrected chi connectivity index (χ0v) is 18.2. The van der Waals surface area contributed by atoms with Gasteiger partial charge in [0.05, 0.1) is 6.26 Å². The van der Waals surface area contributed by atoms with Crippen molar-refractivity contribution in [3.05, 3.63) is 34.3 Å². The molecule has 0 aromatic heterocycles. The summed E-state index contributed by atoms with van der Waals surface area (Å²) in [5, 5.41) is 0.677. The number of ether oxygens (including phenoxy) is 1. The highest BCUT2D eigenvalue weighted by atomic mass is 35.5. The van der Waals surface area contributed by atoms with Crippen LogP contribution in [0.1, 0.15) is 44.7 Å². The van der Waals surface area contributed by atoms with Crippen molar-refractivity contribution in [2.24, 2.45) is 0 Å². The number of halogens is 1. The van der Waals surface area contributed by atoms with Crippen molar-refractivity contribution in [2.45, 2.75) is 51.6 Å². The molecule has 1 fully saturated rings. The largest absolute Gasteiger partial charge is 0.444 e. The van der Waals surface area contributed by atoms with Gasteiger partial charge in [0.25, 0.3) is 0 Å². The number of sulfonamides is 1. The monoisotopic (exact) mass is 416 g/mol. The molecule has 1 heterocycles. The fourth-order valence-corrected chi connectivity index (χ4v) is 3.91. The lowest BCUT2D eigenvalue weighted by Gasteiger charge is -2.42. The Morgan fingerprint density at radius 1 is 1.30 bits per heavy atom. The van der Waals surface area contributed by atoms with E-state index in [9.17, 15) is 13.2 Å². The van der Waals surface area contributed by atoms with Gasteiger partial charge in [-0.2, -0.15) is 0 Å². The summed E-state index contributed by atoms with van der Waals surface area (Å²) in [5.74, 6) is 0. The van der Waals surface area contributed by atoms with E-state index in [1.54, 1.807) is 4.90 Å². The summed E-state index contributed by atoms with van der Waals surface area (Å²) >= 11 is 6.16. The average Bonchev–Trinajstić information content (AvgIpc) is 2.53. The summed E-state index contributed by atoms with van der Waals surface area (Å²) < 4.78 is 31.5. The summed E-state index contributed by atoms with van der Waals surface area (Å²) in [6.07, 6.45) is 2.09. The smallest absolute Gasteiger partial charge is 0.410 e. The molecule has 8 heteroatoms. The topological polar surface area (TPSA) is 75.7 Å². The van der Waals surface area contributed by atoms with Crippen molar-refractivity contribution in [2.75, 3.05) is 25.9 Å².